The number of nitro benzene ring substituents is 2. The molecule has 1 amide bonds. The zero-order chi connectivity index (χ0) is 16.3. The van der Waals surface area contributed by atoms with Crippen LogP contribution in [0.5, 0.6) is 0 Å². The van der Waals surface area contributed by atoms with E-state index < -0.39 is 27.1 Å². The standard InChI is InChI=1S/C13H10N4O5/c14-11-3-1-2-4-12(11)15-13(18)8-5-9(16(19)20)7-10(6-8)17(21)22/h1-7H,14H2,(H,15,18). The van der Waals surface area contributed by atoms with Crippen LogP contribution in [0.4, 0.5) is 22.7 Å². The molecule has 0 spiro atoms. The molecule has 0 radical (unpaired) electrons. The SMILES string of the molecule is Nc1ccccc1NC(=O)c1cc([N+](=O)[O-])cc([N+](=O)[O-])c1. The van der Waals surface area contributed by atoms with Crippen LogP contribution in [-0.4, -0.2) is 15.8 Å². The van der Waals surface area contributed by atoms with Crippen LogP contribution in [0, 0.1) is 20.2 Å². The predicted molar refractivity (Wildman–Crippen MR) is 78.6 cm³/mol. The van der Waals surface area contributed by atoms with Crippen LogP contribution in [-0.2, 0) is 0 Å². The van der Waals surface area contributed by atoms with E-state index >= 15 is 0 Å². The summed E-state index contributed by atoms with van der Waals surface area (Å²) < 4.78 is 0. The number of carbonyl (C=O) groups is 1. The number of carbonyl (C=O) groups excluding carboxylic acids is 1. The molecule has 2 rings (SSSR count). The number of hydrogen-bond donors (Lipinski definition) is 2. The number of hydrogen-bond acceptors (Lipinski definition) is 6. The fourth-order valence-corrected chi connectivity index (χ4v) is 1.74. The second-order valence-electron chi connectivity index (χ2n) is 4.29. The Bertz CT molecular complexity index is 743. The summed E-state index contributed by atoms with van der Waals surface area (Å²) in [6, 6.07) is 9.12. The molecule has 0 atom stereocenters. The van der Waals surface area contributed by atoms with Gasteiger partial charge in [0.2, 0.25) is 0 Å². The van der Waals surface area contributed by atoms with Crippen LogP contribution in [0.2, 0.25) is 0 Å². The maximum absolute atomic E-state index is 12.1. The molecule has 112 valence electrons. The third kappa shape index (κ3) is 3.15. The molecule has 2 aromatic carbocycles. The minimum absolute atomic E-state index is 0.204. The minimum Gasteiger partial charge on any atom is -0.397 e. The molecule has 0 saturated heterocycles. The summed E-state index contributed by atoms with van der Waals surface area (Å²) in [5, 5.41) is 24.0. The molecule has 2 aromatic rings. The number of nitrogens with one attached hydrogen (secondary N) is 1. The summed E-state index contributed by atoms with van der Waals surface area (Å²) in [5.41, 5.74) is 4.99. The number of para-hydroxylation sites is 2. The molecule has 0 aliphatic carbocycles. The molecule has 0 fully saturated rings. The van der Waals surface area contributed by atoms with E-state index in [0.29, 0.717) is 11.4 Å². The van der Waals surface area contributed by atoms with Crippen molar-refractivity contribution in [2.75, 3.05) is 11.1 Å². The van der Waals surface area contributed by atoms with Gasteiger partial charge in [0.05, 0.1) is 32.9 Å². The number of anilines is 2. The smallest absolute Gasteiger partial charge is 0.277 e. The van der Waals surface area contributed by atoms with Gasteiger partial charge in [-0.2, -0.15) is 0 Å². The minimum atomic E-state index is -0.805. The first-order valence-electron chi connectivity index (χ1n) is 5.98. The number of non-ortho nitro benzene ring substituents is 2. The van der Waals surface area contributed by atoms with Crippen molar-refractivity contribution < 1.29 is 14.6 Å². The van der Waals surface area contributed by atoms with Crippen LogP contribution >= 0.6 is 0 Å². The number of nitrogens with two attached hydrogens (primary N) is 1. The largest absolute Gasteiger partial charge is 0.397 e. The summed E-state index contributed by atoms with van der Waals surface area (Å²) >= 11 is 0. The Kier molecular flexibility index (Phi) is 3.98. The van der Waals surface area contributed by atoms with Crippen LogP contribution < -0.4 is 11.1 Å². The molecule has 0 saturated carbocycles. The van der Waals surface area contributed by atoms with Crippen molar-refractivity contribution in [3.63, 3.8) is 0 Å². The Hall–Kier alpha value is -3.49. The Morgan fingerprint density at radius 1 is 1.00 bits per heavy atom. The van der Waals surface area contributed by atoms with Crippen molar-refractivity contribution in [1.29, 1.82) is 0 Å². The molecule has 9 heteroatoms. The molecule has 0 aliphatic rings. The molecule has 0 aliphatic heterocycles. The van der Waals surface area contributed by atoms with Gasteiger partial charge in [-0.3, -0.25) is 25.0 Å². The van der Waals surface area contributed by atoms with Gasteiger partial charge in [0, 0.05) is 12.1 Å². The zero-order valence-electron chi connectivity index (χ0n) is 11.1. The molecule has 9 nitrogen and oxygen atoms in total. The zero-order valence-corrected chi connectivity index (χ0v) is 11.1. The normalized spacial score (nSPS) is 10.0. The molecular formula is C13H10N4O5. The maximum Gasteiger partial charge on any atom is 0.277 e. The number of nitrogens with zero attached hydrogens (tertiary/aromatic N) is 2. The molecular weight excluding hydrogens is 292 g/mol. The van der Waals surface area contributed by atoms with E-state index in [4.69, 9.17) is 5.73 Å². The third-order valence-electron chi connectivity index (χ3n) is 2.80. The summed E-state index contributed by atoms with van der Waals surface area (Å²) in [7, 11) is 0. The first-order chi connectivity index (χ1) is 10.4. The molecule has 22 heavy (non-hydrogen) atoms. The van der Waals surface area contributed by atoms with E-state index in [2.05, 4.69) is 5.32 Å². The van der Waals surface area contributed by atoms with Gasteiger partial charge in [0.1, 0.15) is 0 Å². The van der Waals surface area contributed by atoms with E-state index in [9.17, 15) is 25.0 Å². The van der Waals surface area contributed by atoms with E-state index in [0.717, 1.165) is 18.2 Å². The van der Waals surface area contributed by atoms with Crippen molar-refractivity contribution >= 4 is 28.7 Å². The lowest BCUT2D eigenvalue weighted by molar-refractivity contribution is -0.394. The van der Waals surface area contributed by atoms with Crippen molar-refractivity contribution in [3.05, 3.63) is 68.3 Å². The van der Waals surface area contributed by atoms with E-state index in [-0.39, 0.29) is 5.56 Å². The quantitative estimate of drug-likeness (QED) is 0.504. The van der Waals surface area contributed by atoms with Gasteiger partial charge in [-0.15, -0.1) is 0 Å². The van der Waals surface area contributed by atoms with Gasteiger partial charge in [-0.1, -0.05) is 12.1 Å². The van der Waals surface area contributed by atoms with Gasteiger partial charge in [-0.05, 0) is 12.1 Å². The number of nitro groups is 2. The molecule has 0 heterocycles. The highest BCUT2D eigenvalue weighted by Gasteiger charge is 2.20. The summed E-state index contributed by atoms with van der Waals surface area (Å²) in [5.74, 6) is -0.732. The Morgan fingerprint density at radius 3 is 2.05 bits per heavy atom. The lowest BCUT2D eigenvalue weighted by Crippen LogP contribution is -2.13. The highest BCUT2D eigenvalue weighted by molar-refractivity contribution is 6.06. The van der Waals surface area contributed by atoms with Crippen molar-refractivity contribution in [3.8, 4) is 0 Å². The second-order valence-corrected chi connectivity index (χ2v) is 4.29. The van der Waals surface area contributed by atoms with E-state index in [1.807, 2.05) is 0 Å². The fraction of sp³-hybridized carbons (Fsp3) is 0. The molecule has 0 unspecified atom stereocenters. The average molecular weight is 302 g/mol. The van der Waals surface area contributed by atoms with Crippen LogP contribution in [0.25, 0.3) is 0 Å². The first-order valence-corrected chi connectivity index (χ1v) is 5.98. The van der Waals surface area contributed by atoms with E-state index in [1.54, 1.807) is 24.3 Å². The van der Waals surface area contributed by atoms with Gasteiger partial charge in [0.15, 0.2) is 0 Å². The van der Waals surface area contributed by atoms with Gasteiger partial charge in [0.25, 0.3) is 17.3 Å². The second kappa shape index (κ2) is 5.87. The van der Waals surface area contributed by atoms with Crippen molar-refractivity contribution in [1.82, 2.24) is 0 Å². The first kappa shape index (κ1) is 14.9. The van der Waals surface area contributed by atoms with Crippen LogP contribution in [0.3, 0.4) is 0 Å². The lowest BCUT2D eigenvalue weighted by Gasteiger charge is -2.07. The van der Waals surface area contributed by atoms with Crippen LogP contribution in [0.1, 0.15) is 10.4 Å². The Balaban J connectivity index is 2.39. The van der Waals surface area contributed by atoms with Crippen molar-refractivity contribution in [2.24, 2.45) is 0 Å². The summed E-state index contributed by atoms with van der Waals surface area (Å²) in [6.07, 6.45) is 0. The molecule has 0 aromatic heterocycles. The summed E-state index contributed by atoms with van der Waals surface area (Å²) in [6.45, 7) is 0. The van der Waals surface area contributed by atoms with E-state index in [1.165, 1.54) is 0 Å². The van der Waals surface area contributed by atoms with Gasteiger partial charge in [-0.25, -0.2) is 0 Å². The number of amides is 1. The van der Waals surface area contributed by atoms with Gasteiger partial charge < -0.3 is 11.1 Å². The average Bonchev–Trinajstić information content (AvgIpc) is 2.49. The van der Waals surface area contributed by atoms with Gasteiger partial charge >= 0.3 is 0 Å². The fourth-order valence-electron chi connectivity index (χ4n) is 1.74. The van der Waals surface area contributed by atoms with Crippen molar-refractivity contribution in [2.45, 2.75) is 0 Å². The highest BCUT2D eigenvalue weighted by Crippen LogP contribution is 2.24. The Morgan fingerprint density at radius 2 is 1.55 bits per heavy atom. The summed E-state index contributed by atoms with van der Waals surface area (Å²) in [4.78, 5) is 32.1. The monoisotopic (exact) mass is 302 g/mol. The number of benzene rings is 2. The van der Waals surface area contributed by atoms with Crippen LogP contribution in [0.15, 0.2) is 42.5 Å². The predicted octanol–water partition coefficient (Wildman–Crippen LogP) is 2.34. The maximum atomic E-state index is 12.1. The molecule has 3 N–H and O–H groups in total. The lowest BCUT2D eigenvalue weighted by atomic mass is 10.1. The highest BCUT2D eigenvalue weighted by atomic mass is 16.6. The topological polar surface area (TPSA) is 141 Å². The third-order valence-corrected chi connectivity index (χ3v) is 2.80. The Labute approximate surface area is 123 Å². The number of nitrogen functional groups attached to an aromatic ring is 1. The number of rotatable bonds is 4. The molecule has 0 bridgehead atoms.